The quantitative estimate of drug-likeness (QED) is 0.599. The summed E-state index contributed by atoms with van der Waals surface area (Å²) in [6, 6.07) is 16.3. The number of hydrogen-bond acceptors (Lipinski definition) is 3. The van der Waals surface area contributed by atoms with Crippen molar-refractivity contribution in [3.8, 4) is 0 Å². The molecular formula is C17H17ClO3. The minimum atomic E-state index is -0.654. The molecule has 0 fully saturated rings. The summed E-state index contributed by atoms with van der Waals surface area (Å²) in [4.78, 5) is 12.8. The fourth-order valence-electron chi connectivity index (χ4n) is 2.25. The summed E-state index contributed by atoms with van der Waals surface area (Å²) in [6.45, 7) is 0. The number of benzene rings is 2. The number of methoxy groups -OCH3 is 2. The molecule has 0 spiro atoms. The fraction of sp³-hybridized carbons (Fsp3) is 0.235. The zero-order valence-corrected chi connectivity index (χ0v) is 12.7. The van der Waals surface area contributed by atoms with Gasteiger partial charge in [-0.2, -0.15) is 0 Å². The predicted molar refractivity (Wildman–Crippen MR) is 82.8 cm³/mol. The molecule has 0 aliphatic heterocycles. The summed E-state index contributed by atoms with van der Waals surface area (Å²) in [5, 5.41) is 0.621. The first-order valence-corrected chi connectivity index (χ1v) is 6.95. The monoisotopic (exact) mass is 304 g/mol. The summed E-state index contributed by atoms with van der Waals surface area (Å²) in [5.74, 6) is -0.591. The van der Waals surface area contributed by atoms with Crippen molar-refractivity contribution >= 4 is 17.4 Å². The van der Waals surface area contributed by atoms with Gasteiger partial charge in [-0.05, 0) is 17.7 Å². The maximum atomic E-state index is 12.8. The van der Waals surface area contributed by atoms with Crippen LogP contribution in [0.1, 0.15) is 21.8 Å². The smallest absolute Gasteiger partial charge is 0.175 e. The van der Waals surface area contributed by atoms with E-state index in [2.05, 4.69) is 0 Å². The Morgan fingerprint density at radius 1 is 0.952 bits per heavy atom. The summed E-state index contributed by atoms with van der Waals surface area (Å²) in [5.41, 5.74) is 1.43. The Morgan fingerprint density at radius 2 is 1.52 bits per heavy atom. The topological polar surface area (TPSA) is 35.5 Å². The Morgan fingerprint density at radius 3 is 2.05 bits per heavy atom. The molecule has 2 aromatic rings. The normalized spacial score (nSPS) is 12.4. The first-order chi connectivity index (χ1) is 10.2. The highest BCUT2D eigenvalue weighted by molar-refractivity contribution is 6.30. The second-order valence-electron chi connectivity index (χ2n) is 4.60. The molecule has 2 aromatic carbocycles. The van der Waals surface area contributed by atoms with Crippen molar-refractivity contribution in [2.24, 2.45) is 0 Å². The highest BCUT2D eigenvalue weighted by Gasteiger charge is 2.30. The number of halogens is 1. The zero-order chi connectivity index (χ0) is 15.2. The van der Waals surface area contributed by atoms with Gasteiger partial charge in [0, 0.05) is 24.8 Å². The van der Waals surface area contributed by atoms with E-state index in [1.54, 1.807) is 24.3 Å². The average molecular weight is 305 g/mol. The highest BCUT2D eigenvalue weighted by Crippen LogP contribution is 2.27. The molecule has 0 aliphatic carbocycles. The van der Waals surface area contributed by atoms with Crippen LogP contribution in [0.25, 0.3) is 0 Å². The molecule has 0 N–H and O–H groups in total. The lowest BCUT2D eigenvalue weighted by atomic mass is 9.90. The third kappa shape index (κ3) is 3.70. The van der Waals surface area contributed by atoms with Crippen LogP contribution in [-0.4, -0.2) is 26.3 Å². The lowest BCUT2D eigenvalue weighted by Crippen LogP contribution is -2.29. The molecule has 0 saturated carbocycles. The van der Waals surface area contributed by atoms with Gasteiger partial charge in [0.05, 0.1) is 5.92 Å². The van der Waals surface area contributed by atoms with Crippen LogP contribution in [0.15, 0.2) is 54.6 Å². The number of ether oxygens (including phenoxy) is 2. The molecule has 1 atom stereocenters. The van der Waals surface area contributed by atoms with Crippen molar-refractivity contribution in [2.45, 2.75) is 12.2 Å². The maximum Gasteiger partial charge on any atom is 0.175 e. The van der Waals surface area contributed by atoms with Crippen molar-refractivity contribution in [1.82, 2.24) is 0 Å². The number of ketones is 1. The molecule has 4 heteroatoms. The van der Waals surface area contributed by atoms with Gasteiger partial charge in [-0.25, -0.2) is 0 Å². The number of hydrogen-bond donors (Lipinski definition) is 0. The van der Waals surface area contributed by atoms with E-state index in [0.717, 1.165) is 5.56 Å². The molecular weight excluding hydrogens is 288 g/mol. The number of carbonyl (C=O) groups is 1. The SMILES string of the molecule is COC(OC)C(C(=O)c1ccccc1)c1ccc(Cl)cc1. The van der Waals surface area contributed by atoms with Gasteiger partial charge in [0.1, 0.15) is 0 Å². The summed E-state index contributed by atoms with van der Waals surface area (Å²) >= 11 is 5.91. The Labute approximate surface area is 129 Å². The molecule has 110 valence electrons. The Bertz CT molecular complexity index is 577. The van der Waals surface area contributed by atoms with Gasteiger partial charge in [0.15, 0.2) is 12.1 Å². The molecule has 3 nitrogen and oxygen atoms in total. The highest BCUT2D eigenvalue weighted by atomic mass is 35.5. The third-order valence-corrected chi connectivity index (χ3v) is 3.56. The van der Waals surface area contributed by atoms with Gasteiger partial charge in [0.2, 0.25) is 0 Å². The average Bonchev–Trinajstić information content (AvgIpc) is 2.54. The first kappa shape index (κ1) is 15.7. The van der Waals surface area contributed by atoms with Crippen LogP contribution in [0.5, 0.6) is 0 Å². The zero-order valence-electron chi connectivity index (χ0n) is 12.0. The molecule has 0 radical (unpaired) electrons. The van der Waals surface area contributed by atoms with E-state index in [9.17, 15) is 4.79 Å². The predicted octanol–water partition coefficient (Wildman–Crippen LogP) is 3.93. The van der Waals surface area contributed by atoms with Crippen molar-refractivity contribution in [1.29, 1.82) is 0 Å². The van der Waals surface area contributed by atoms with Gasteiger partial charge in [-0.15, -0.1) is 0 Å². The lowest BCUT2D eigenvalue weighted by Gasteiger charge is -2.24. The van der Waals surface area contributed by atoms with Gasteiger partial charge in [-0.1, -0.05) is 54.1 Å². The van der Waals surface area contributed by atoms with E-state index in [1.807, 2.05) is 30.3 Å². The van der Waals surface area contributed by atoms with Crippen LogP contribution in [0.4, 0.5) is 0 Å². The minimum Gasteiger partial charge on any atom is -0.355 e. The Hall–Kier alpha value is -1.68. The second-order valence-corrected chi connectivity index (χ2v) is 5.04. The number of rotatable bonds is 6. The molecule has 21 heavy (non-hydrogen) atoms. The van der Waals surface area contributed by atoms with Crippen molar-refractivity contribution < 1.29 is 14.3 Å². The molecule has 0 heterocycles. The van der Waals surface area contributed by atoms with E-state index in [4.69, 9.17) is 21.1 Å². The van der Waals surface area contributed by atoms with E-state index in [0.29, 0.717) is 10.6 Å². The number of Topliss-reactive ketones (excluding diaryl/α,β-unsaturated/α-hetero) is 1. The number of carbonyl (C=O) groups excluding carboxylic acids is 1. The van der Waals surface area contributed by atoms with Crippen LogP contribution in [-0.2, 0) is 9.47 Å². The van der Waals surface area contributed by atoms with Gasteiger partial charge < -0.3 is 9.47 Å². The summed E-state index contributed by atoms with van der Waals surface area (Å²) in [6.07, 6.45) is -0.654. The van der Waals surface area contributed by atoms with E-state index in [1.165, 1.54) is 14.2 Å². The van der Waals surface area contributed by atoms with Crippen LogP contribution in [0.3, 0.4) is 0 Å². The van der Waals surface area contributed by atoms with E-state index < -0.39 is 12.2 Å². The standard InChI is InChI=1S/C17H17ClO3/c1-20-17(21-2)15(12-8-10-14(18)11-9-12)16(19)13-6-4-3-5-7-13/h3-11,15,17H,1-2H3. The molecule has 0 aliphatic rings. The van der Waals surface area contributed by atoms with Crippen LogP contribution < -0.4 is 0 Å². The van der Waals surface area contributed by atoms with Crippen LogP contribution in [0, 0.1) is 0 Å². The maximum absolute atomic E-state index is 12.8. The Kier molecular flexibility index (Phi) is 5.51. The molecule has 0 saturated heterocycles. The molecule has 0 aromatic heterocycles. The summed E-state index contributed by atoms with van der Waals surface area (Å²) < 4.78 is 10.6. The van der Waals surface area contributed by atoms with Crippen LogP contribution >= 0.6 is 11.6 Å². The molecule has 1 unspecified atom stereocenters. The largest absolute Gasteiger partial charge is 0.355 e. The molecule has 0 amide bonds. The van der Waals surface area contributed by atoms with Crippen molar-refractivity contribution in [3.63, 3.8) is 0 Å². The first-order valence-electron chi connectivity index (χ1n) is 6.57. The lowest BCUT2D eigenvalue weighted by molar-refractivity contribution is -0.110. The second kappa shape index (κ2) is 7.36. The third-order valence-electron chi connectivity index (χ3n) is 3.31. The van der Waals surface area contributed by atoms with Gasteiger partial charge >= 0.3 is 0 Å². The molecule has 2 rings (SSSR count). The van der Waals surface area contributed by atoms with Gasteiger partial charge in [0.25, 0.3) is 0 Å². The van der Waals surface area contributed by atoms with Crippen molar-refractivity contribution in [2.75, 3.05) is 14.2 Å². The van der Waals surface area contributed by atoms with Gasteiger partial charge in [-0.3, -0.25) is 4.79 Å². The van der Waals surface area contributed by atoms with E-state index in [-0.39, 0.29) is 5.78 Å². The fourth-order valence-corrected chi connectivity index (χ4v) is 2.38. The minimum absolute atomic E-state index is 0.0494. The van der Waals surface area contributed by atoms with E-state index >= 15 is 0 Å². The van der Waals surface area contributed by atoms with Crippen molar-refractivity contribution in [3.05, 3.63) is 70.7 Å². The van der Waals surface area contributed by atoms with Crippen LogP contribution in [0.2, 0.25) is 5.02 Å². The molecule has 0 bridgehead atoms. The summed E-state index contributed by atoms with van der Waals surface area (Å²) in [7, 11) is 3.05. The Balaban J connectivity index is 2.41.